The summed E-state index contributed by atoms with van der Waals surface area (Å²) in [6.45, 7) is 16.3. The number of piperidine rings is 1. The third-order valence-electron chi connectivity index (χ3n) is 9.77. The van der Waals surface area contributed by atoms with Crippen LogP contribution < -0.4 is 21.3 Å². The molecule has 0 aromatic heterocycles. The number of unbranched alkanes of at least 4 members (excludes halogenated alkanes) is 1. The van der Waals surface area contributed by atoms with Gasteiger partial charge in [-0.25, -0.2) is 4.79 Å². The molecule has 1 aliphatic carbocycles. The highest BCUT2D eigenvalue weighted by molar-refractivity contribution is 6.38. The zero-order valence-electron chi connectivity index (χ0n) is 32.5. The van der Waals surface area contributed by atoms with E-state index in [2.05, 4.69) is 21.3 Å². The lowest BCUT2D eigenvalue weighted by Gasteiger charge is -2.38. The van der Waals surface area contributed by atoms with Gasteiger partial charge in [-0.2, -0.15) is 0 Å². The average Bonchev–Trinajstić information content (AvgIpc) is 3.35. The van der Waals surface area contributed by atoms with Crippen molar-refractivity contribution in [2.75, 3.05) is 27.2 Å². The molecule has 1 aromatic rings. The van der Waals surface area contributed by atoms with Gasteiger partial charge in [0.2, 0.25) is 29.4 Å². The van der Waals surface area contributed by atoms with E-state index in [0.717, 1.165) is 0 Å². The summed E-state index contributed by atoms with van der Waals surface area (Å²) in [5, 5.41) is 10.4. The van der Waals surface area contributed by atoms with Crippen LogP contribution in [0, 0.1) is 22.7 Å². The molecular formula is C38H58N6O8. The molecule has 2 aliphatic rings. The lowest BCUT2D eigenvalue weighted by Crippen LogP contribution is -2.60. The molecule has 4 N–H and O–H groups in total. The van der Waals surface area contributed by atoms with Crippen LogP contribution in [0.1, 0.15) is 93.2 Å². The van der Waals surface area contributed by atoms with Gasteiger partial charge in [0.05, 0.1) is 12.6 Å². The number of hydrogen-bond donors (Lipinski definition) is 4. The molecule has 1 aliphatic heterocycles. The van der Waals surface area contributed by atoms with Crippen LogP contribution in [0.4, 0.5) is 4.79 Å². The third-order valence-corrected chi connectivity index (χ3v) is 9.77. The Bertz CT molecular complexity index is 1510. The smallest absolute Gasteiger partial charge is 0.408 e. The van der Waals surface area contributed by atoms with Crippen LogP contribution in [-0.2, 0) is 33.5 Å². The van der Waals surface area contributed by atoms with E-state index in [-0.39, 0.29) is 29.6 Å². The summed E-state index contributed by atoms with van der Waals surface area (Å²) in [7, 11) is 3.12. The minimum absolute atomic E-state index is 0.0278. The number of alkyl carbamates (subject to hydrolysis) is 1. The Morgan fingerprint density at radius 1 is 0.942 bits per heavy atom. The monoisotopic (exact) mass is 726 g/mol. The van der Waals surface area contributed by atoms with E-state index in [1.807, 2.05) is 41.5 Å². The molecule has 0 bridgehead atoms. The summed E-state index contributed by atoms with van der Waals surface area (Å²) in [5.41, 5.74) is -1.21. The second-order valence-corrected chi connectivity index (χ2v) is 16.7. The van der Waals surface area contributed by atoms with Crippen molar-refractivity contribution in [3.8, 4) is 0 Å². The van der Waals surface area contributed by atoms with Gasteiger partial charge in [0.25, 0.3) is 5.91 Å². The maximum atomic E-state index is 14.2. The summed E-state index contributed by atoms with van der Waals surface area (Å²) in [5.74, 6) is -4.23. The van der Waals surface area contributed by atoms with Crippen molar-refractivity contribution in [1.82, 2.24) is 31.1 Å². The van der Waals surface area contributed by atoms with Crippen molar-refractivity contribution in [2.24, 2.45) is 22.7 Å². The number of likely N-dealkylation sites (tertiary alicyclic amines) is 1. The molecule has 288 valence electrons. The molecule has 52 heavy (non-hydrogen) atoms. The Hall–Kier alpha value is -4.49. The number of ether oxygens (including phenoxy) is 1. The molecule has 0 radical (unpaired) electrons. The van der Waals surface area contributed by atoms with Crippen LogP contribution in [0.15, 0.2) is 30.3 Å². The third kappa shape index (κ3) is 10.3. The van der Waals surface area contributed by atoms with E-state index in [1.54, 1.807) is 65.2 Å². The lowest BCUT2D eigenvalue weighted by atomic mass is 9.85. The van der Waals surface area contributed by atoms with Crippen LogP contribution in [0.3, 0.4) is 0 Å². The van der Waals surface area contributed by atoms with E-state index in [9.17, 15) is 33.6 Å². The van der Waals surface area contributed by atoms with Gasteiger partial charge in [-0.15, -0.1) is 0 Å². The highest BCUT2D eigenvalue weighted by Crippen LogP contribution is 2.65. The van der Waals surface area contributed by atoms with Crippen molar-refractivity contribution in [3.05, 3.63) is 35.9 Å². The Kier molecular flexibility index (Phi) is 13.3. The fraction of sp³-hybridized carbons (Fsp3) is 0.658. The van der Waals surface area contributed by atoms with Crippen molar-refractivity contribution in [3.63, 3.8) is 0 Å². The number of carbonyl (C=O) groups is 7. The standard InChI is InChI=1S/C38H58N6O8/c1-12-13-19-24(29(46)32(48)39-20-25(45)41-27(33(49)43(10)11)22-17-15-14-16-18-22)40-31(47)28-26-23(38(26,8)9)21-44(28)34(50)30(36(2,3)4)42-35(51)52-37(5,6)7/h14-18,23-24,26-28,30H,12-13,19-21H2,1-11H3,(H,39,48)(H,40,47)(H,41,45)(H,42,51)/t23?,24?,26-,27-,28-,30+/m0/s1. The number of likely N-dealkylation sites (N-methyl/N-ethyl adjacent to an activating group) is 1. The second kappa shape index (κ2) is 16.5. The molecule has 14 nitrogen and oxygen atoms in total. The largest absolute Gasteiger partial charge is 0.444 e. The van der Waals surface area contributed by atoms with Crippen molar-refractivity contribution < 1.29 is 38.3 Å². The summed E-state index contributed by atoms with van der Waals surface area (Å²) in [6, 6.07) is 4.47. The molecule has 6 amide bonds. The average molecular weight is 727 g/mol. The molecule has 3 rings (SSSR count). The Morgan fingerprint density at radius 2 is 1.56 bits per heavy atom. The van der Waals surface area contributed by atoms with Gasteiger partial charge in [0.15, 0.2) is 0 Å². The van der Waals surface area contributed by atoms with Gasteiger partial charge in [-0.1, -0.05) is 84.7 Å². The molecule has 1 saturated heterocycles. The zero-order chi connectivity index (χ0) is 39.3. The Labute approximate surface area is 307 Å². The fourth-order valence-electron chi connectivity index (χ4n) is 6.80. The number of hydrogen-bond acceptors (Lipinski definition) is 8. The minimum atomic E-state index is -1.21. The number of benzene rings is 1. The van der Waals surface area contributed by atoms with Gasteiger partial charge in [0, 0.05) is 20.6 Å². The number of rotatable bonds is 14. The molecule has 1 heterocycles. The number of fused-ring (bicyclic) bond motifs is 1. The molecule has 14 heteroatoms. The summed E-state index contributed by atoms with van der Waals surface area (Å²) >= 11 is 0. The lowest BCUT2D eigenvalue weighted by molar-refractivity contribution is -0.145. The minimum Gasteiger partial charge on any atom is -0.444 e. The van der Waals surface area contributed by atoms with Crippen LogP contribution in [-0.4, -0.2) is 102 Å². The maximum Gasteiger partial charge on any atom is 0.408 e. The van der Waals surface area contributed by atoms with Crippen molar-refractivity contribution in [2.45, 2.75) is 111 Å². The van der Waals surface area contributed by atoms with E-state index < -0.39 is 77.2 Å². The van der Waals surface area contributed by atoms with Crippen LogP contribution in [0.2, 0.25) is 0 Å². The molecule has 1 aromatic carbocycles. The normalized spacial score (nSPS) is 20.7. The second-order valence-electron chi connectivity index (χ2n) is 16.7. The molecule has 0 spiro atoms. The highest BCUT2D eigenvalue weighted by atomic mass is 16.6. The zero-order valence-corrected chi connectivity index (χ0v) is 32.5. The summed E-state index contributed by atoms with van der Waals surface area (Å²) < 4.78 is 5.43. The number of Topliss-reactive ketones (excluding diaryl/α,β-unsaturated/α-hetero) is 1. The highest BCUT2D eigenvalue weighted by Gasteiger charge is 2.70. The maximum absolute atomic E-state index is 14.2. The Morgan fingerprint density at radius 3 is 2.10 bits per heavy atom. The van der Waals surface area contributed by atoms with E-state index in [4.69, 9.17) is 4.74 Å². The van der Waals surface area contributed by atoms with Crippen LogP contribution in [0.5, 0.6) is 0 Å². The molecule has 6 atom stereocenters. The molecular weight excluding hydrogens is 668 g/mol. The first-order valence-electron chi connectivity index (χ1n) is 18.0. The summed E-state index contributed by atoms with van der Waals surface area (Å²) in [4.78, 5) is 96.2. The first-order valence-corrected chi connectivity index (χ1v) is 18.0. The van der Waals surface area contributed by atoms with Crippen LogP contribution >= 0.6 is 0 Å². The van der Waals surface area contributed by atoms with E-state index >= 15 is 0 Å². The Balaban J connectivity index is 1.76. The van der Waals surface area contributed by atoms with Crippen molar-refractivity contribution in [1.29, 1.82) is 0 Å². The van der Waals surface area contributed by atoms with Gasteiger partial charge in [-0.3, -0.25) is 28.8 Å². The number of carbonyl (C=O) groups excluding carboxylic acids is 7. The first-order chi connectivity index (χ1) is 24.0. The van der Waals surface area contributed by atoms with Gasteiger partial charge in [-0.05, 0) is 55.4 Å². The topological polar surface area (TPSA) is 183 Å². The van der Waals surface area contributed by atoms with Gasteiger partial charge < -0.3 is 35.8 Å². The number of nitrogens with one attached hydrogen (secondary N) is 4. The van der Waals surface area contributed by atoms with E-state index in [1.165, 1.54) is 9.80 Å². The predicted molar refractivity (Wildman–Crippen MR) is 194 cm³/mol. The summed E-state index contributed by atoms with van der Waals surface area (Å²) in [6.07, 6.45) is 0.611. The van der Waals surface area contributed by atoms with Gasteiger partial charge >= 0.3 is 6.09 Å². The molecule has 2 fully saturated rings. The van der Waals surface area contributed by atoms with Crippen molar-refractivity contribution >= 4 is 41.4 Å². The number of ketones is 1. The SMILES string of the molecule is CCCCC(NC(=O)[C@@H]1[C@@H]2C(CN1C(=O)[C@@H](NC(=O)OC(C)(C)C)C(C)(C)C)C2(C)C)C(=O)C(=O)NCC(=O)N[C@H](C(=O)N(C)C)c1ccccc1. The van der Waals surface area contributed by atoms with Crippen LogP contribution in [0.25, 0.3) is 0 Å². The predicted octanol–water partition coefficient (Wildman–Crippen LogP) is 2.71. The quantitative estimate of drug-likeness (QED) is 0.211. The molecule has 1 saturated carbocycles. The van der Waals surface area contributed by atoms with E-state index in [0.29, 0.717) is 24.9 Å². The fourth-order valence-corrected chi connectivity index (χ4v) is 6.80. The number of amides is 6. The first kappa shape index (κ1) is 41.9. The van der Waals surface area contributed by atoms with Gasteiger partial charge in [0.1, 0.15) is 23.7 Å². The molecule has 2 unspecified atom stereocenters. The number of nitrogens with zero attached hydrogens (tertiary/aromatic N) is 2.